The average molecular weight is 1160 g/mol. The van der Waals surface area contributed by atoms with E-state index in [1.807, 2.05) is 81.4 Å². The van der Waals surface area contributed by atoms with Gasteiger partial charge in [0, 0.05) is 49.3 Å². The Balaban J connectivity index is 4.18. The van der Waals surface area contributed by atoms with Crippen molar-refractivity contribution in [3.05, 3.63) is 12.2 Å². The molecule has 11 atom stereocenters. The van der Waals surface area contributed by atoms with Crippen molar-refractivity contribution in [2.75, 3.05) is 55.9 Å². The zero-order valence-electron chi connectivity index (χ0n) is 54.2. The van der Waals surface area contributed by atoms with Crippen molar-refractivity contribution in [2.45, 2.75) is 216 Å². The average Bonchev–Trinajstić information content (AvgIpc) is 3.52. The number of rotatable bonds is 14. The quantitative estimate of drug-likeness (QED) is 0.183. The third kappa shape index (κ3) is 21.3. The molecule has 82 heavy (non-hydrogen) atoms. The maximum Gasteiger partial charge on any atom is 0.245 e. The molecule has 0 aromatic heterocycles. The second kappa shape index (κ2) is 33.9. The molecule has 22 nitrogen and oxygen atoms in total. The highest BCUT2D eigenvalue weighted by Crippen LogP contribution is 2.24. The number of hydrogen-bond acceptors (Lipinski definition) is 11. The third-order valence-corrected chi connectivity index (χ3v) is 15.5. The fourth-order valence-electron chi connectivity index (χ4n) is 10.0. The van der Waals surface area contributed by atoms with E-state index in [0.717, 1.165) is 0 Å². The van der Waals surface area contributed by atoms with Gasteiger partial charge in [0.25, 0.3) is 0 Å². The van der Waals surface area contributed by atoms with Gasteiger partial charge in [0.1, 0.15) is 60.4 Å². The van der Waals surface area contributed by atoms with Crippen LogP contribution in [0.5, 0.6) is 0 Å². The van der Waals surface area contributed by atoms with Crippen LogP contribution >= 0.6 is 0 Å². The first-order chi connectivity index (χ1) is 37.9. The van der Waals surface area contributed by atoms with Crippen molar-refractivity contribution in [2.24, 2.45) is 35.5 Å². The van der Waals surface area contributed by atoms with Crippen LogP contribution in [-0.2, 0) is 52.7 Å². The zero-order valence-corrected chi connectivity index (χ0v) is 54.2. The Kier molecular flexibility index (Phi) is 30.5. The van der Waals surface area contributed by atoms with Crippen molar-refractivity contribution in [1.29, 1.82) is 0 Å². The van der Waals surface area contributed by atoms with Crippen LogP contribution in [0.3, 0.4) is 0 Å². The van der Waals surface area contributed by atoms with Crippen LogP contribution in [0.2, 0.25) is 0 Å². The molecule has 0 saturated carbocycles. The summed E-state index contributed by atoms with van der Waals surface area (Å²) >= 11 is 0. The van der Waals surface area contributed by atoms with Crippen LogP contribution in [-0.4, -0.2) is 216 Å². The number of allylic oxidation sites excluding steroid dienone is 2. The Morgan fingerprint density at radius 1 is 0.439 bits per heavy atom. The maximum absolute atomic E-state index is 14.8. The van der Waals surface area contributed by atoms with Gasteiger partial charge >= 0.3 is 0 Å². The van der Waals surface area contributed by atoms with Crippen molar-refractivity contribution < 1.29 is 52.7 Å². The first-order valence-corrected chi connectivity index (χ1v) is 29.5. The van der Waals surface area contributed by atoms with E-state index in [4.69, 9.17) is 0 Å². The largest absolute Gasteiger partial charge is 0.343 e. The summed E-state index contributed by atoms with van der Waals surface area (Å²) in [5.74, 6) is -7.84. The lowest BCUT2D eigenvalue weighted by Crippen LogP contribution is -2.61. The van der Waals surface area contributed by atoms with Crippen LogP contribution in [0.15, 0.2) is 12.2 Å². The van der Waals surface area contributed by atoms with Gasteiger partial charge in [-0.05, 0) is 108 Å². The van der Waals surface area contributed by atoms with Gasteiger partial charge < -0.3 is 55.6 Å². The molecule has 11 amide bonds. The number of carbonyl (C=O) groups is 11. The van der Waals surface area contributed by atoms with Gasteiger partial charge in [-0.25, -0.2) is 0 Å². The molecule has 0 radical (unpaired) electrons. The summed E-state index contributed by atoms with van der Waals surface area (Å²) < 4.78 is 0. The van der Waals surface area contributed by atoms with Gasteiger partial charge in [-0.3, -0.25) is 52.7 Å². The van der Waals surface area contributed by atoms with Crippen molar-refractivity contribution in [1.82, 2.24) is 55.6 Å². The van der Waals surface area contributed by atoms with E-state index in [1.165, 1.54) is 104 Å². The van der Waals surface area contributed by atoms with Crippen LogP contribution < -0.4 is 21.3 Å². The summed E-state index contributed by atoms with van der Waals surface area (Å²) in [6.07, 6.45) is 5.43. The lowest BCUT2D eigenvalue weighted by atomic mass is 9.95. The molecule has 0 bridgehead atoms. The summed E-state index contributed by atoms with van der Waals surface area (Å²) in [6.45, 7) is 28.0. The number of carbonyl (C=O) groups excluding carboxylic acids is 11. The Morgan fingerprint density at radius 3 is 1.29 bits per heavy atom. The van der Waals surface area contributed by atoms with Gasteiger partial charge in [0.15, 0.2) is 0 Å². The third-order valence-electron chi connectivity index (χ3n) is 15.5. The number of nitrogens with zero attached hydrogens (tertiary/aromatic N) is 7. The summed E-state index contributed by atoms with van der Waals surface area (Å²) in [7, 11) is 10.2. The van der Waals surface area contributed by atoms with E-state index in [0.29, 0.717) is 6.42 Å². The molecule has 1 saturated heterocycles. The molecule has 1 aliphatic rings. The molecule has 0 aromatic carbocycles. The molecule has 1 aliphatic heterocycles. The molecule has 0 aromatic rings. The summed E-state index contributed by atoms with van der Waals surface area (Å²) in [5, 5.41) is 11.1. The second-order valence-corrected chi connectivity index (χ2v) is 25.0. The maximum atomic E-state index is 14.8. The monoisotopic (exact) mass is 1160 g/mol. The van der Waals surface area contributed by atoms with Crippen molar-refractivity contribution in [3.63, 3.8) is 0 Å². The van der Waals surface area contributed by atoms with Gasteiger partial charge in [-0.15, -0.1) is 0 Å². The summed E-state index contributed by atoms with van der Waals surface area (Å²) in [6, 6.07) is -11.4. The molecule has 0 aliphatic carbocycles. The standard InChI is InChI=1S/C60H107N11O11/c1-24-26-27-39(13)32-46-53(75)63-43(25-2)57(79)65(17)33-49(72)67(19)44(28-34(3)4)54(76)64-50(38(11)12)60(82)69(21)45(29-35(5)6)52(74)61-40(14)51(73)62-41(15)55(77)70(22)48(31-37(9)10)59(81)71(23)47(30-36(7)8)58(80)66(18)42(16)56(78)68(46)20/h24,26,34-48,50H,25,27-33H2,1-23H3,(H,61,74)(H,62,73)(H,63,75)(H,64,76)/b26-24+/t39-,40+,41-,42+,43+,44+,45+,46+,47+,48+,50?/m1/s1. The highest BCUT2D eigenvalue weighted by atomic mass is 16.2. The van der Waals surface area contributed by atoms with Gasteiger partial charge in [-0.2, -0.15) is 0 Å². The molecule has 4 N–H and O–H groups in total. The van der Waals surface area contributed by atoms with Gasteiger partial charge in [0.2, 0.25) is 65.0 Å². The SMILES string of the molecule is C/C=C/C[C@@H](C)C[C@H]1C(=O)N[C@@H](CC)C(=O)N(C)CC(=O)N(C)[C@@H](CC(C)C)C(=O)NC(C(C)C)C(=O)N(C)[C@@H](CC(C)C)C(=O)N[C@@H](C)C(=O)N[C@H](C)C(=O)N(C)[C@@H](CC(C)C)C(=O)N(C)[C@@H](CC(C)C)C(=O)N(C)[C@@H](C)C(=O)N1C. The molecular weight excluding hydrogens is 1050 g/mol. The van der Waals surface area contributed by atoms with Crippen LogP contribution in [0.4, 0.5) is 0 Å². The molecule has 1 fully saturated rings. The van der Waals surface area contributed by atoms with E-state index in [2.05, 4.69) is 21.3 Å². The van der Waals surface area contributed by atoms with E-state index in [1.54, 1.807) is 20.8 Å². The molecule has 468 valence electrons. The molecule has 22 heteroatoms. The fourth-order valence-corrected chi connectivity index (χ4v) is 10.0. The van der Waals surface area contributed by atoms with Crippen LogP contribution in [0.1, 0.15) is 156 Å². The van der Waals surface area contributed by atoms with Crippen molar-refractivity contribution >= 4 is 65.0 Å². The Bertz CT molecular complexity index is 2240. The minimum Gasteiger partial charge on any atom is -0.343 e. The van der Waals surface area contributed by atoms with Crippen molar-refractivity contribution in [3.8, 4) is 0 Å². The zero-order chi connectivity index (χ0) is 63.5. The Morgan fingerprint density at radius 2 is 0.829 bits per heavy atom. The lowest BCUT2D eigenvalue weighted by molar-refractivity contribution is -0.154. The van der Waals surface area contributed by atoms with Gasteiger partial charge in [0.05, 0.1) is 6.54 Å². The predicted octanol–water partition coefficient (Wildman–Crippen LogP) is 3.66. The summed E-state index contributed by atoms with van der Waals surface area (Å²) in [4.78, 5) is 167. The van der Waals surface area contributed by atoms with E-state index in [9.17, 15) is 52.7 Å². The first kappa shape index (κ1) is 73.9. The lowest BCUT2D eigenvalue weighted by Gasteiger charge is -2.39. The topological polar surface area (TPSA) is 259 Å². The molecule has 0 spiro atoms. The van der Waals surface area contributed by atoms with Crippen LogP contribution in [0.25, 0.3) is 0 Å². The molecular formula is C60H107N11O11. The molecule has 1 rings (SSSR count). The number of nitrogens with one attached hydrogen (secondary N) is 4. The highest BCUT2D eigenvalue weighted by molar-refractivity contribution is 5.99. The van der Waals surface area contributed by atoms with E-state index < -0.39 is 138 Å². The van der Waals surface area contributed by atoms with E-state index >= 15 is 0 Å². The summed E-state index contributed by atoms with van der Waals surface area (Å²) in [5.41, 5.74) is 0. The Hall–Kier alpha value is -6.09. The molecule has 1 heterocycles. The van der Waals surface area contributed by atoms with Gasteiger partial charge in [-0.1, -0.05) is 95.2 Å². The fraction of sp³-hybridized carbons (Fsp3) is 0.783. The number of likely N-dealkylation sites (N-methyl/N-ethyl adjacent to an activating group) is 7. The minimum atomic E-state index is -1.21. The number of hydrogen-bond donors (Lipinski definition) is 4. The first-order valence-electron chi connectivity index (χ1n) is 29.5. The highest BCUT2D eigenvalue weighted by Gasteiger charge is 2.42. The molecule has 1 unspecified atom stereocenters. The predicted molar refractivity (Wildman–Crippen MR) is 318 cm³/mol. The van der Waals surface area contributed by atoms with E-state index in [-0.39, 0.29) is 68.1 Å². The Labute approximate surface area is 491 Å². The number of amides is 11. The second-order valence-electron chi connectivity index (χ2n) is 25.0. The smallest absolute Gasteiger partial charge is 0.245 e. The minimum absolute atomic E-state index is 0.112. The normalized spacial score (nSPS) is 27.0. The van der Waals surface area contributed by atoms with Crippen LogP contribution in [0, 0.1) is 35.5 Å².